The number of methoxy groups -OCH3 is 1. The Labute approximate surface area is 286 Å². The molecule has 2 aliphatic rings. The van der Waals surface area contributed by atoms with Gasteiger partial charge in [0, 0.05) is 55.0 Å². The fraction of sp³-hybridized carbons (Fsp3) is 0.529. The lowest BCUT2D eigenvalue weighted by Gasteiger charge is -2.47. The van der Waals surface area contributed by atoms with E-state index in [4.69, 9.17) is 24.4 Å². The van der Waals surface area contributed by atoms with Crippen LogP contribution in [0.4, 0.5) is 17.6 Å². The molecule has 0 radical (unpaired) electrons. The van der Waals surface area contributed by atoms with E-state index in [1.165, 1.54) is 24.5 Å². The van der Waals surface area contributed by atoms with E-state index in [9.17, 15) is 27.5 Å². The number of aliphatic carboxylic acids is 1. The molecule has 0 saturated heterocycles. The number of carboxylic acids is 1. The SMILES string of the molecule is COCC(=O)N[C@@H](Cc1ccc(F)c(-c2nccs2)c1)[C@H](O)CN[C@H]1CC2(CCC2)Oc2ncc(CC(C)(C)C)cc21.O=C(O)C(F)(F)F. The van der Waals surface area contributed by atoms with E-state index in [1.807, 2.05) is 6.20 Å². The highest BCUT2D eigenvalue weighted by Crippen LogP contribution is 2.48. The fourth-order valence-corrected chi connectivity index (χ4v) is 6.54. The van der Waals surface area contributed by atoms with E-state index in [0.717, 1.165) is 48.8 Å². The first-order valence-electron chi connectivity index (χ1n) is 15.8. The van der Waals surface area contributed by atoms with Gasteiger partial charge in [-0.2, -0.15) is 13.2 Å². The van der Waals surface area contributed by atoms with Crippen molar-refractivity contribution in [2.24, 2.45) is 5.41 Å². The second-order valence-corrected chi connectivity index (χ2v) is 14.5. The molecule has 3 heterocycles. The number of nitrogens with one attached hydrogen (secondary N) is 2. The Kier molecular flexibility index (Phi) is 12.4. The minimum atomic E-state index is -5.08. The van der Waals surface area contributed by atoms with E-state index >= 15 is 0 Å². The standard InChI is InChI=1S/C32H41FN4O4S.C2HF3O2/c1-31(2,3)15-21-13-23-26(16-32(8-5-9-32)41-29(23)36-17-21)35-18-27(38)25(37-28(39)19-40-4)14-20-6-7-24(33)22(12-20)30-34-10-11-42-30;3-2(4,5)1(6)7/h6-7,10-13,17,25-27,35,38H,5,8-9,14-16,18-19H2,1-4H3,(H,37,39);(H,6,7)/t25-,26-,27+;/m0./s1. The van der Waals surface area contributed by atoms with Gasteiger partial charge < -0.3 is 30.3 Å². The van der Waals surface area contributed by atoms with Crippen molar-refractivity contribution in [3.63, 3.8) is 0 Å². The number of pyridine rings is 1. The number of aliphatic hydroxyl groups is 1. The van der Waals surface area contributed by atoms with Crippen molar-refractivity contribution in [3.8, 4) is 16.5 Å². The molecule has 268 valence electrons. The molecule has 2 aromatic heterocycles. The number of rotatable bonds is 11. The van der Waals surface area contributed by atoms with E-state index in [0.29, 0.717) is 22.9 Å². The van der Waals surface area contributed by atoms with Crippen molar-refractivity contribution < 1.29 is 46.8 Å². The normalized spacial score (nSPS) is 17.9. The van der Waals surface area contributed by atoms with Crippen LogP contribution in [-0.4, -0.2) is 76.2 Å². The number of nitrogens with zero attached hydrogens (tertiary/aromatic N) is 2. The number of fused-ring (bicyclic) bond motifs is 1. The zero-order chi connectivity index (χ0) is 36.0. The van der Waals surface area contributed by atoms with E-state index in [1.54, 1.807) is 23.7 Å². The minimum absolute atomic E-state index is 0.0474. The smallest absolute Gasteiger partial charge is 0.475 e. The molecule has 1 amide bonds. The summed E-state index contributed by atoms with van der Waals surface area (Å²) in [6.07, 6.45) is 2.64. The molecule has 1 fully saturated rings. The van der Waals surface area contributed by atoms with Crippen LogP contribution >= 0.6 is 11.3 Å². The molecule has 1 aromatic carbocycles. The zero-order valence-electron chi connectivity index (χ0n) is 27.8. The van der Waals surface area contributed by atoms with Crippen molar-refractivity contribution >= 4 is 23.2 Å². The number of hydrogen-bond acceptors (Lipinski definition) is 9. The number of carbonyl (C=O) groups is 2. The molecule has 3 aromatic rings. The van der Waals surface area contributed by atoms with Gasteiger partial charge in [-0.15, -0.1) is 11.3 Å². The molecule has 3 atom stereocenters. The summed E-state index contributed by atoms with van der Waals surface area (Å²) in [5.41, 5.74) is 3.24. The first-order valence-corrected chi connectivity index (χ1v) is 16.7. The van der Waals surface area contributed by atoms with Gasteiger partial charge in [0.15, 0.2) is 0 Å². The van der Waals surface area contributed by atoms with Crippen molar-refractivity contribution in [1.82, 2.24) is 20.6 Å². The van der Waals surface area contributed by atoms with Crippen LogP contribution in [0, 0.1) is 11.2 Å². The molecule has 15 heteroatoms. The number of aliphatic hydroxyl groups excluding tert-OH is 1. The number of carbonyl (C=O) groups excluding carboxylic acids is 1. The van der Waals surface area contributed by atoms with Gasteiger partial charge in [0.2, 0.25) is 11.8 Å². The summed E-state index contributed by atoms with van der Waals surface area (Å²) in [5, 5.41) is 27.4. The van der Waals surface area contributed by atoms with Crippen LogP contribution in [0.25, 0.3) is 10.6 Å². The number of aromatic nitrogens is 2. The lowest BCUT2D eigenvalue weighted by molar-refractivity contribution is -0.192. The monoisotopic (exact) mass is 710 g/mol. The first kappa shape index (κ1) is 38.1. The second kappa shape index (κ2) is 15.9. The Morgan fingerprint density at radius 1 is 1.16 bits per heavy atom. The predicted octanol–water partition coefficient (Wildman–Crippen LogP) is 5.64. The third kappa shape index (κ3) is 10.7. The molecule has 0 unspecified atom stereocenters. The minimum Gasteiger partial charge on any atom is -0.475 e. The van der Waals surface area contributed by atoms with Crippen molar-refractivity contribution in [1.29, 1.82) is 0 Å². The van der Waals surface area contributed by atoms with Crippen LogP contribution < -0.4 is 15.4 Å². The molecule has 4 N–H and O–H groups in total. The van der Waals surface area contributed by atoms with Crippen LogP contribution in [0.1, 0.15) is 69.2 Å². The maximum atomic E-state index is 14.6. The molecule has 1 aliphatic carbocycles. The molecular weight excluding hydrogens is 668 g/mol. The van der Waals surface area contributed by atoms with Gasteiger partial charge in [-0.3, -0.25) is 4.79 Å². The molecule has 49 heavy (non-hydrogen) atoms. The molecule has 1 spiro atoms. The van der Waals surface area contributed by atoms with Gasteiger partial charge in [0.1, 0.15) is 23.0 Å². The quantitative estimate of drug-likeness (QED) is 0.186. The molecule has 1 aliphatic heterocycles. The predicted molar refractivity (Wildman–Crippen MR) is 175 cm³/mol. The third-order valence-electron chi connectivity index (χ3n) is 8.25. The number of halogens is 4. The molecule has 10 nitrogen and oxygen atoms in total. The van der Waals surface area contributed by atoms with Gasteiger partial charge in [-0.25, -0.2) is 19.2 Å². The van der Waals surface area contributed by atoms with Crippen LogP contribution in [0.3, 0.4) is 0 Å². The number of amides is 1. The maximum Gasteiger partial charge on any atom is 0.490 e. The highest BCUT2D eigenvalue weighted by Gasteiger charge is 2.46. The Morgan fingerprint density at radius 2 is 1.88 bits per heavy atom. The van der Waals surface area contributed by atoms with Gasteiger partial charge in [-0.1, -0.05) is 26.8 Å². The highest BCUT2D eigenvalue weighted by atomic mass is 32.1. The Morgan fingerprint density at radius 3 is 2.45 bits per heavy atom. The summed E-state index contributed by atoms with van der Waals surface area (Å²) in [6.45, 7) is 6.73. The third-order valence-corrected chi connectivity index (χ3v) is 9.06. The van der Waals surface area contributed by atoms with Gasteiger partial charge in [0.25, 0.3) is 0 Å². The molecule has 1 saturated carbocycles. The van der Waals surface area contributed by atoms with E-state index in [2.05, 4.69) is 42.5 Å². The summed E-state index contributed by atoms with van der Waals surface area (Å²) in [6, 6.07) is 6.33. The lowest BCUT2D eigenvalue weighted by atomic mass is 9.73. The molecular formula is C34H42F4N4O6S. The second-order valence-electron chi connectivity index (χ2n) is 13.6. The summed E-state index contributed by atoms with van der Waals surface area (Å²) >= 11 is 1.36. The first-order chi connectivity index (χ1) is 23.0. The summed E-state index contributed by atoms with van der Waals surface area (Å²) < 4.78 is 57.8. The number of benzene rings is 1. The van der Waals surface area contributed by atoms with Crippen molar-refractivity contribution in [3.05, 3.63) is 64.5 Å². The number of carboxylic acid groups (broad SMARTS) is 1. The van der Waals surface area contributed by atoms with Crippen LogP contribution in [0.5, 0.6) is 5.88 Å². The average Bonchev–Trinajstić information content (AvgIpc) is 3.53. The summed E-state index contributed by atoms with van der Waals surface area (Å²) in [7, 11) is 1.45. The van der Waals surface area contributed by atoms with Gasteiger partial charge in [-0.05, 0) is 66.8 Å². The molecule has 0 bridgehead atoms. The summed E-state index contributed by atoms with van der Waals surface area (Å²) in [4.78, 5) is 30.4. The topological polar surface area (TPSA) is 143 Å². The van der Waals surface area contributed by atoms with E-state index in [-0.39, 0.29) is 41.9 Å². The highest BCUT2D eigenvalue weighted by molar-refractivity contribution is 7.13. The fourth-order valence-electron chi connectivity index (χ4n) is 5.89. The number of ether oxygens (including phenoxy) is 2. The maximum absolute atomic E-state index is 14.6. The Balaban J connectivity index is 0.000000698. The lowest BCUT2D eigenvalue weighted by Crippen LogP contribution is -2.52. The Bertz CT molecular complexity index is 1580. The van der Waals surface area contributed by atoms with Crippen LogP contribution in [0.15, 0.2) is 42.0 Å². The molecule has 5 rings (SSSR count). The van der Waals surface area contributed by atoms with Crippen molar-refractivity contribution in [2.45, 2.75) is 89.3 Å². The van der Waals surface area contributed by atoms with E-state index < -0.39 is 24.3 Å². The largest absolute Gasteiger partial charge is 0.490 e. The zero-order valence-corrected chi connectivity index (χ0v) is 28.6. The number of hydrogen-bond donors (Lipinski definition) is 4. The van der Waals surface area contributed by atoms with Crippen molar-refractivity contribution in [2.75, 3.05) is 20.3 Å². The number of alkyl halides is 3. The Hall–Kier alpha value is -3.66. The van der Waals surface area contributed by atoms with Crippen LogP contribution in [-0.2, 0) is 27.2 Å². The average molecular weight is 711 g/mol. The summed E-state index contributed by atoms with van der Waals surface area (Å²) in [5.74, 6) is -2.79. The van der Waals surface area contributed by atoms with Crippen LogP contribution in [0.2, 0.25) is 0 Å². The number of thiazole rings is 1. The van der Waals surface area contributed by atoms with Gasteiger partial charge in [0.05, 0.1) is 12.1 Å². The van der Waals surface area contributed by atoms with Gasteiger partial charge >= 0.3 is 12.1 Å².